The quantitative estimate of drug-likeness (QED) is 0.933. The summed E-state index contributed by atoms with van der Waals surface area (Å²) in [4.78, 5) is 7.68. The lowest BCUT2D eigenvalue weighted by Crippen LogP contribution is -1.99. The van der Waals surface area contributed by atoms with Crippen molar-refractivity contribution in [2.75, 3.05) is 7.11 Å². The second-order valence-electron chi connectivity index (χ2n) is 3.58. The Kier molecular flexibility index (Phi) is 4.13. The molecule has 0 saturated heterocycles. The minimum atomic E-state index is -0.545. The second-order valence-corrected chi connectivity index (χ2v) is 3.99. The number of nitrogens with two attached hydrogens (primary N) is 1. The number of benzene rings is 1. The third kappa shape index (κ3) is 3.10. The summed E-state index contributed by atoms with van der Waals surface area (Å²) in [6.07, 6.45) is 1.31. The standard InChI is InChI=1S/C12H11ClFN3O2/c1-18-12-16-6-8(13)11(17-12)19-10-3-2-7(5-15)4-9(10)14/h2-4,6H,5,15H2,1H3. The summed E-state index contributed by atoms with van der Waals surface area (Å²) in [5.41, 5.74) is 6.08. The Labute approximate surface area is 114 Å². The van der Waals surface area contributed by atoms with Gasteiger partial charge < -0.3 is 15.2 Å². The molecule has 0 amide bonds. The first-order valence-corrected chi connectivity index (χ1v) is 5.74. The maximum atomic E-state index is 13.7. The van der Waals surface area contributed by atoms with Crippen LogP contribution in [0.2, 0.25) is 5.02 Å². The molecule has 100 valence electrons. The van der Waals surface area contributed by atoms with E-state index in [1.807, 2.05) is 0 Å². The zero-order chi connectivity index (χ0) is 13.8. The number of methoxy groups -OCH3 is 1. The molecule has 0 bridgehead atoms. The lowest BCUT2D eigenvalue weighted by molar-refractivity contribution is 0.362. The van der Waals surface area contributed by atoms with Gasteiger partial charge in [-0.1, -0.05) is 17.7 Å². The summed E-state index contributed by atoms with van der Waals surface area (Å²) in [6.45, 7) is 0.249. The third-order valence-corrected chi connectivity index (χ3v) is 2.57. The van der Waals surface area contributed by atoms with Gasteiger partial charge in [-0.15, -0.1) is 0 Å². The maximum absolute atomic E-state index is 13.7. The molecule has 0 spiro atoms. The number of rotatable bonds is 4. The zero-order valence-corrected chi connectivity index (χ0v) is 10.8. The molecule has 7 heteroatoms. The van der Waals surface area contributed by atoms with Crippen molar-refractivity contribution >= 4 is 11.6 Å². The Hall–Kier alpha value is -1.92. The van der Waals surface area contributed by atoms with Crippen LogP contribution in [0.15, 0.2) is 24.4 Å². The van der Waals surface area contributed by atoms with Crippen molar-refractivity contribution in [1.29, 1.82) is 0 Å². The molecule has 0 saturated carbocycles. The van der Waals surface area contributed by atoms with E-state index < -0.39 is 5.82 Å². The van der Waals surface area contributed by atoms with Crippen molar-refractivity contribution in [2.24, 2.45) is 5.73 Å². The summed E-state index contributed by atoms with van der Waals surface area (Å²) >= 11 is 5.87. The van der Waals surface area contributed by atoms with E-state index in [0.29, 0.717) is 5.56 Å². The smallest absolute Gasteiger partial charge is 0.319 e. The van der Waals surface area contributed by atoms with E-state index in [9.17, 15) is 4.39 Å². The molecule has 1 aromatic carbocycles. The average molecular weight is 284 g/mol. The normalized spacial score (nSPS) is 10.3. The summed E-state index contributed by atoms with van der Waals surface area (Å²) in [5, 5.41) is 0.156. The van der Waals surface area contributed by atoms with Crippen molar-refractivity contribution in [2.45, 2.75) is 6.54 Å². The van der Waals surface area contributed by atoms with Gasteiger partial charge in [0.1, 0.15) is 5.02 Å². The molecule has 2 aromatic rings. The molecule has 0 aliphatic carbocycles. The van der Waals surface area contributed by atoms with E-state index >= 15 is 0 Å². The number of ether oxygens (including phenoxy) is 2. The van der Waals surface area contributed by atoms with Gasteiger partial charge in [-0.3, -0.25) is 0 Å². The topological polar surface area (TPSA) is 70.3 Å². The van der Waals surface area contributed by atoms with E-state index in [2.05, 4.69) is 9.97 Å². The van der Waals surface area contributed by atoms with Crippen LogP contribution in [0.1, 0.15) is 5.56 Å². The van der Waals surface area contributed by atoms with Crippen LogP contribution in [-0.2, 0) is 6.54 Å². The maximum Gasteiger partial charge on any atom is 0.319 e. The van der Waals surface area contributed by atoms with Crippen molar-refractivity contribution < 1.29 is 13.9 Å². The summed E-state index contributed by atoms with van der Waals surface area (Å²) in [6, 6.07) is 4.49. The fourth-order valence-electron chi connectivity index (χ4n) is 1.36. The molecular formula is C12H11ClFN3O2. The zero-order valence-electron chi connectivity index (χ0n) is 10.1. The molecular weight excluding hydrogens is 273 g/mol. The third-order valence-electron chi connectivity index (χ3n) is 2.31. The van der Waals surface area contributed by atoms with E-state index in [1.165, 1.54) is 25.4 Å². The van der Waals surface area contributed by atoms with Gasteiger partial charge in [-0.25, -0.2) is 9.37 Å². The van der Waals surface area contributed by atoms with E-state index in [4.69, 9.17) is 26.8 Å². The molecule has 0 fully saturated rings. The van der Waals surface area contributed by atoms with Crippen LogP contribution in [0, 0.1) is 5.82 Å². The van der Waals surface area contributed by atoms with E-state index in [1.54, 1.807) is 6.07 Å². The van der Waals surface area contributed by atoms with Crippen molar-refractivity contribution in [1.82, 2.24) is 9.97 Å². The van der Waals surface area contributed by atoms with Gasteiger partial charge in [-0.2, -0.15) is 4.98 Å². The average Bonchev–Trinajstić information content (AvgIpc) is 2.43. The summed E-state index contributed by atoms with van der Waals surface area (Å²) in [5.74, 6) is -0.524. The Morgan fingerprint density at radius 1 is 1.42 bits per heavy atom. The molecule has 19 heavy (non-hydrogen) atoms. The van der Waals surface area contributed by atoms with Gasteiger partial charge in [0.25, 0.3) is 0 Å². The highest BCUT2D eigenvalue weighted by atomic mass is 35.5. The molecule has 0 aliphatic rings. The highest BCUT2D eigenvalue weighted by Crippen LogP contribution is 2.29. The van der Waals surface area contributed by atoms with E-state index in [0.717, 1.165) is 0 Å². The van der Waals surface area contributed by atoms with Gasteiger partial charge in [0.15, 0.2) is 11.6 Å². The van der Waals surface area contributed by atoms with Crippen LogP contribution >= 0.6 is 11.6 Å². The van der Waals surface area contributed by atoms with Crippen molar-refractivity contribution in [3.63, 3.8) is 0 Å². The number of hydrogen-bond donors (Lipinski definition) is 1. The van der Waals surface area contributed by atoms with Gasteiger partial charge in [0, 0.05) is 6.54 Å². The molecule has 1 aromatic heterocycles. The Morgan fingerprint density at radius 3 is 2.84 bits per heavy atom. The Bertz CT molecular complexity index is 595. The highest BCUT2D eigenvalue weighted by Gasteiger charge is 2.11. The van der Waals surface area contributed by atoms with Crippen LogP contribution in [0.25, 0.3) is 0 Å². The number of nitrogens with zero attached hydrogens (tertiary/aromatic N) is 2. The fourth-order valence-corrected chi connectivity index (χ4v) is 1.49. The second kappa shape index (κ2) is 5.81. The molecule has 0 atom stereocenters. The Morgan fingerprint density at radius 2 is 2.21 bits per heavy atom. The lowest BCUT2D eigenvalue weighted by Gasteiger charge is -2.08. The number of halogens is 2. The first-order chi connectivity index (χ1) is 9.13. The predicted octanol–water partition coefficient (Wildman–Crippen LogP) is 2.53. The molecule has 0 aliphatic heterocycles. The number of hydrogen-bond acceptors (Lipinski definition) is 5. The summed E-state index contributed by atoms with van der Waals surface area (Å²) < 4.78 is 23.9. The SMILES string of the molecule is COc1ncc(Cl)c(Oc2ccc(CN)cc2F)n1. The predicted molar refractivity (Wildman–Crippen MR) is 68.0 cm³/mol. The van der Waals surface area contributed by atoms with Crippen LogP contribution in [0.5, 0.6) is 17.6 Å². The largest absolute Gasteiger partial charge is 0.467 e. The van der Waals surface area contributed by atoms with Crippen LogP contribution in [0.4, 0.5) is 4.39 Å². The molecule has 5 nitrogen and oxygen atoms in total. The van der Waals surface area contributed by atoms with Crippen LogP contribution in [-0.4, -0.2) is 17.1 Å². The molecule has 2 rings (SSSR count). The van der Waals surface area contributed by atoms with Crippen LogP contribution < -0.4 is 15.2 Å². The van der Waals surface area contributed by atoms with Crippen LogP contribution in [0.3, 0.4) is 0 Å². The van der Waals surface area contributed by atoms with Gasteiger partial charge in [0.2, 0.25) is 5.88 Å². The highest BCUT2D eigenvalue weighted by molar-refractivity contribution is 6.31. The molecule has 1 heterocycles. The minimum absolute atomic E-state index is 0.000136. The molecule has 0 radical (unpaired) electrons. The lowest BCUT2D eigenvalue weighted by atomic mass is 10.2. The van der Waals surface area contributed by atoms with E-state index in [-0.39, 0.29) is 29.2 Å². The monoisotopic (exact) mass is 283 g/mol. The van der Waals surface area contributed by atoms with Gasteiger partial charge in [-0.05, 0) is 17.7 Å². The minimum Gasteiger partial charge on any atom is -0.467 e. The fraction of sp³-hybridized carbons (Fsp3) is 0.167. The first-order valence-electron chi connectivity index (χ1n) is 5.37. The van der Waals surface area contributed by atoms with Crippen molar-refractivity contribution in [3.05, 3.63) is 40.8 Å². The Balaban J connectivity index is 2.30. The molecule has 0 unspecified atom stereocenters. The van der Waals surface area contributed by atoms with Gasteiger partial charge in [0.05, 0.1) is 13.3 Å². The molecule has 2 N–H and O–H groups in total. The van der Waals surface area contributed by atoms with Crippen molar-refractivity contribution in [3.8, 4) is 17.6 Å². The first kappa shape index (κ1) is 13.5. The van der Waals surface area contributed by atoms with Gasteiger partial charge >= 0.3 is 6.01 Å². The summed E-state index contributed by atoms with van der Waals surface area (Å²) in [7, 11) is 1.41. The number of aromatic nitrogens is 2.